The van der Waals surface area contributed by atoms with Crippen LogP contribution in [-0.2, 0) is 29.3 Å². The predicted molar refractivity (Wildman–Crippen MR) is 111 cm³/mol. The molecule has 0 spiro atoms. The lowest BCUT2D eigenvalue weighted by Gasteiger charge is -2.08. The summed E-state index contributed by atoms with van der Waals surface area (Å²) >= 11 is 1.41. The first-order valence-electron chi connectivity index (χ1n) is 9.23. The van der Waals surface area contributed by atoms with Gasteiger partial charge in [0.05, 0.1) is 18.1 Å². The molecular weight excluding hydrogens is 370 g/mol. The zero-order valence-electron chi connectivity index (χ0n) is 15.6. The Labute approximate surface area is 169 Å². The maximum atomic E-state index is 12.0. The number of carbonyl (C=O) groups is 2. The fraction of sp³-hybridized carbons (Fsp3) is 0.217. The molecule has 4 nitrogen and oxygen atoms in total. The molecule has 0 aliphatic heterocycles. The molecule has 1 amide bonds. The van der Waals surface area contributed by atoms with Gasteiger partial charge in [-0.1, -0.05) is 60.7 Å². The van der Waals surface area contributed by atoms with Gasteiger partial charge in [0.1, 0.15) is 0 Å². The monoisotopic (exact) mass is 393 g/mol. The van der Waals surface area contributed by atoms with E-state index in [0.29, 0.717) is 24.6 Å². The largest absolute Gasteiger partial charge is 0.372 e. The highest BCUT2D eigenvalue weighted by Crippen LogP contribution is 2.12. The van der Waals surface area contributed by atoms with Crippen molar-refractivity contribution in [2.24, 2.45) is 0 Å². The third-order valence-electron chi connectivity index (χ3n) is 4.24. The van der Waals surface area contributed by atoms with Crippen molar-refractivity contribution in [1.29, 1.82) is 0 Å². The molecule has 0 aliphatic rings. The number of ether oxygens (including phenoxy) is 1. The number of Topliss-reactive ketones (excluding diaryl/α,β-unsaturated/α-hetero) is 1. The molecule has 1 aromatic heterocycles. The molecule has 0 bridgehead atoms. The Balaban J connectivity index is 1.40. The third kappa shape index (κ3) is 6.44. The van der Waals surface area contributed by atoms with Crippen LogP contribution >= 0.6 is 11.3 Å². The van der Waals surface area contributed by atoms with E-state index in [2.05, 4.69) is 5.32 Å². The summed E-state index contributed by atoms with van der Waals surface area (Å²) in [7, 11) is 0. The SMILES string of the molecule is O=C(CCC(=O)c1cccs1)NCc1cccc(COCc2ccccc2)c1. The molecule has 0 fully saturated rings. The topological polar surface area (TPSA) is 55.4 Å². The number of hydrogen-bond donors (Lipinski definition) is 1. The summed E-state index contributed by atoms with van der Waals surface area (Å²) in [4.78, 5) is 24.7. The highest BCUT2D eigenvalue weighted by Gasteiger charge is 2.10. The highest BCUT2D eigenvalue weighted by molar-refractivity contribution is 7.12. The standard InChI is InChI=1S/C23H23NO3S/c25-21(22-10-5-13-28-22)11-12-23(26)24-15-19-8-4-9-20(14-19)17-27-16-18-6-2-1-3-7-18/h1-10,13-14H,11-12,15-17H2,(H,24,26). The molecule has 1 N–H and O–H groups in total. The van der Waals surface area contributed by atoms with Gasteiger partial charge in [0.25, 0.3) is 0 Å². The van der Waals surface area contributed by atoms with Crippen molar-refractivity contribution in [3.8, 4) is 0 Å². The summed E-state index contributed by atoms with van der Waals surface area (Å²) in [5, 5.41) is 4.75. The molecule has 0 atom stereocenters. The summed E-state index contributed by atoms with van der Waals surface area (Å²) in [6.07, 6.45) is 0.441. The highest BCUT2D eigenvalue weighted by atomic mass is 32.1. The average Bonchev–Trinajstić information content (AvgIpc) is 3.27. The fourth-order valence-corrected chi connectivity index (χ4v) is 3.46. The zero-order chi connectivity index (χ0) is 19.6. The van der Waals surface area contributed by atoms with E-state index in [1.54, 1.807) is 6.07 Å². The number of amides is 1. The Morgan fingerprint density at radius 3 is 2.36 bits per heavy atom. The Kier molecular flexibility index (Phi) is 7.53. The normalized spacial score (nSPS) is 10.6. The van der Waals surface area contributed by atoms with Crippen LogP contribution < -0.4 is 5.32 Å². The van der Waals surface area contributed by atoms with Crippen molar-refractivity contribution in [3.05, 3.63) is 93.7 Å². The number of benzene rings is 2. The Morgan fingerprint density at radius 2 is 1.57 bits per heavy atom. The first-order chi connectivity index (χ1) is 13.7. The van der Waals surface area contributed by atoms with Crippen LogP contribution in [0, 0.1) is 0 Å². The molecule has 2 aromatic carbocycles. The predicted octanol–water partition coefficient (Wildman–Crippen LogP) is 4.74. The molecule has 0 saturated carbocycles. The van der Waals surface area contributed by atoms with Gasteiger partial charge in [-0.2, -0.15) is 0 Å². The van der Waals surface area contributed by atoms with Crippen LogP contribution in [0.5, 0.6) is 0 Å². The van der Waals surface area contributed by atoms with E-state index in [1.807, 2.05) is 66.0 Å². The maximum Gasteiger partial charge on any atom is 0.220 e. The molecule has 5 heteroatoms. The number of carbonyl (C=O) groups excluding carboxylic acids is 2. The van der Waals surface area contributed by atoms with Gasteiger partial charge in [-0.15, -0.1) is 11.3 Å². The van der Waals surface area contributed by atoms with Crippen molar-refractivity contribution < 1.29 is 14.3 Å². The van der Waals surface area contributed by atoms with Crippen LogP contribution in [0.1, 0.15) is 39.2 Å². The molecule has 3 aromatic rings. The van der Waals surface area contributed by atoms with E-state index in [-0.39, 0.29) is 24.5 Å². The minimum atomic E-state index is -0.115. The van der Waals surface area contributed by atoms with Crippen LogP contribution in [0.25, 0.3) is 0 Å². The van der Waals surface area contributed by atoms with Gasteiger partial charge in [0.15, 0.2) is 5.78 Å². The minimum absolute atomic E-state index is 0.0164. The maximum absolute atomic E-state index is 12.0. The average molecular weight is 394 g/mol. The van der Waals surface area contributed by atoms with Crippen LogP contribution in [0.15, 0.2) is 72.1 Å². The number of nitrogens with one attached hydrogen (secondary N) is 1. The zero-order valence-corrected chi connectivity index (χ0v) is 16.4. The van der Waals surface area contributed by atoms with Gasteiger partial charge < -0.3 is 10.1 Å². The lowest BCUT2D eigenvalue weighted by atomic mass is 10.1. The van der Waals surface area contributed by atoms with Crippen molar-refractivity contribution >= 4 is 23.0 Å². The fourth-order valence-electron chi connectivity index (χ4n) is 2.77. The molecule has 0 saturated heterocycles. The Bertz CT molecular complexity index is 891. The van der Waals surface area contributed by atoms with Gasteiger partial charge in [-0.25, -0.2) is 0 Å². The second-order valence-corrected chi connectivity index (χ2v) is 7.42. The first kappa shape index (κ1) is 20.0. The lowest BCUT2D eigenvalue weighted by molar-refractivity contribution is -0.121. The van der Waals surface area contributed by atoms with E-state index in [0.717, 1.165) is 16.7 Å². The molecule has 3 rings (SSSR count). The van der Waals surface area contributed by atoms with E-state index in [1.165, 1.54) is 11.3 Å². The van der Waals surface area contributed by atoms with Gasteiger partial charge in [0, 0.05) is 19.4 Å². The summed E-state index contributed by atoms with van der Waals surface area (Å²) in [5.41, 5.74) is 3.22. The van der Waals surface area contributed by atoms with E-state index in [4.69, 9.17) is 4.74 Å². The van der Waals surface area contributed by atoms with Crippen molar-refractivity contribution in [2.45, 2.75) is 32.6 Å². The summed E-state index contributed by atoms with van der Waals surface area (Å²) in [5.74, 6) is -0.0988. The summed E-state index contributed by atoms with van der Waals surface area (Å²) < 4.78 is 5.76. The summed E-state index contributed by atoms with van der Waals surface area (Å²) in [6.45, 7) is 1.53. The quantitative estimate of drug-likeness (QED) is 0.506. The van der Waals surface area contributed by atoms with Crippen LogP contribution in [0.2, 0.25) is 0 Å². The van der Waals surface area contributed by atoms with Crippen molar-refractivity contribution in [2.75, 3.05) is 0 Å². The molecule has 28 heavy (non-hydrogen) atoms. The molecule has 0 unspecified atom stereocenters. The molecule has 0 aliphatic carbocycles. The van der Waals surface area contributed by atoms with Gasteiger partial charge in [-0.05, 0) is 28.1 Å². The molecular formula is C23H23NO3S. The van der Waals surface area contributed by atoms with E-state index >= 15 is 0 Å². The Hall–Kier alpha value is -2.76. The minimum Gasteiger partial charge on any atom is -0.372 e. The summed E-state index contributed by atoms with van der Waals surface area (Å²) in [6, 6.07) is 21.7. The van der Waals surface area contributed by atoms with Crippen molar-refractivity contribution in [1.82, 2.24) is 5.32 Å². The lowest BCUT2D eigenvalue weighted by Crippen LogP contribution is -2.23. The second-order valence-electron chi connectivity index (χ2n) is 6.48. The van der Waals surface area contributed by atoms with Gasteiger partial charge in [-0.3, -0.25) is 9.59 Å². The molecule has 0 radical (unpaired) electrons. The van der Waals surface area contributed by atoms with E-state index < -0.39 is 0 Å². The number of ketones is 1. The van der Waals surface area contributed by atoms with Gasteiger partial charge in [0.2, 0.25) is 5.91 Å². The third-order valence-corrected chi connectivity index (χ3v) is 5.15. The van der Waals surface area contributed by atoms with Crippen molar-refractivity contribution in [3.63, 3.8) is 0 Å². The smallest absolute Gasteiger partial charge is 0.220 e. The Morgan fingerprint density at radius 1 is 0.821 bits per heavy atom. The number of rotatable bonds is 10. The molecule has 144 valence electrons. The van der Waals surface area contributed by atoms with Gasteiger partial charge >= 0.3 is 0 Å². The van der Waals surface area contributed by atoms with Crippen LogP contribution in [-0.4, -0.2) is 11.7 Å². The van der Waals surface area contributed by atoms with Crippen LogP contribution in [0.4, 0.5) is 0 Å². The molecule has 1 heterocycles. The first-order valence-corrected chi connectivity index (χ1v) is 10.1. The number of thiophene rings is 1. The van der Waals surface area contributed by atoms with E-state index in [9.17, 15) is 9.59 Å². The van der Waals surface area contributed by atoms with Crippen LogP contribution in [0.3, 0.4) is 0 Å². The second kappa shape index (κ2) is 10.5. The number of hydrogen-bond acceptors (Lipinski definition) is 4.